The van der Waals surface area contributed by atoms with E-state index >= 15 is 0 Å². The number of ether oxygens (including phenoxy) is 1. The molecule has 0 atom stereocenters. The van der Waals surface area contributed by atoms with E-state index in [4.69, 9.17) is 25.4 Å². The molecule has 214 valence electrons. The number of methoxy groups -OCH3 is 1. The third-order valence-corrected chi connectivity index (χ3v) is 3.95. The summed E-state index contributed by atoms with van der Waals surface area (Å²) in [6.45, 7) is 7.33. The second kappa shape index (κ2) is 35.2. The molecule has 0 aliphatic heterocycles. The Morgan fingerprint density at radius 1 is 0.925 bits per heavy atom. The Balaban J connectivity index is -0.000000213. The van der Waals surface area contributed by atoms with Crippen molar-refractivity contribution in [3.05, 3.63) is 119 Å². The van der Waals surface area contributed by atoms with E-state index in [0.717, 1.165) is 23.2 Å². The maximum atomic E-state index is 10.7. The predicted molar refractivity (Wildman–Crippen MR) is 153 cm³/mol. The van der Waals surface area contributed by atoms with Gasteiger partial charge >= 0.3 is 80.1 Å². The van der Waals surface area contributed by atoms with Gasteiger partial charge < -0.3 is 28.8 Å². The molecule has 2 aromatic heterocycles. The van der Waals surface area contributed by atoms with Crippen molar-refractivity contribution >= 4 is 44.3 Å². The van der Waals surface area contributed by atoms with Crippen LogP contribution in [0.4, 0.5) is 4.39 Å². The SMILES string of the molecule is C=CCBr.C=CCOC.CO.O=CO[O-].O=c1ccc2ccccc2o1.O=c1ccc2ccccc2o1.[2H]CF.[Cs+]. The molecule has 0 saturated carbocycles. The molecule has 0 aliphatic rings. The van der Waals surface area contributed by atoms with E-state index in [1.807, 2.05) is 36.4 Å². The number of fused-ring (bicyclic) bond motifs is 2. The van der Waals surface area contributed by atoms with E-state index in [1.54, 1.807) is 43.5 Å². The van der Waals surface area contributed by atoms with Crippen molar-refractivity contribution in [2.24, 2.45) is 0 Å². The first kappa shape index (κ1) is 42.6. The molecule has 40 heavy (non-hydrogen) atoms. The van der Waals surface area contributed by atoms with E-state index < -0.39 is 7.15 Å². The summed E-state index contributed by atoms with van der Waals surface area (Å²) in [6, 6.07) is 21.2. The van der Waals surface area contributed by atoms with Crippen LogP contribution in [0.3, 0.4) is 0 Å². The summed E-state index contributed by atoms with van der Waals surface area (Å²) < 4.78 is 29.9. The molecule has 0 unspecified atom stereocenters. The number of aliphatic hydroxyl groups is 1. The van der Waals surface area contributed by atoms with Crippen LogP contribution in [0.5, 0.6) is 0 Å². The van der Waals surface area contributed by atoms with Gasteiger partial charge in [-0.2, -0.15) is 0 Å². The molecular formula is C28H33BrCsFO9. The van der Waals surface area contributed by atoms with E-state index in [-0.39, 0.29) is 86.6 Å². The number of para-hydroxylation sites is 2. The van der Waals surface area contributed by atoms with Crippen molar-refractivity contribution < 1.29 is 108 Å². The van der Waals surface area contributed by atoms with Crippen LogP contribution >= 0.6 is 15.9 Å². The van der Waals surface area contributed by atoms with Gasteiger partial charge in [0.25, 0.3) is 6.47 Å². The molecule has 4 aromatic rings. The van der Waals surface area contributed by atoms with Crippen molar-refractivity contribution in [2.45, 2.75) is 0 Å². The number of allylic oxidation sites excluding steroid dienone is 1. The number of carbonyl (C=O) groups is 1. The summed E-state index contributed by atoms with van der Waals surface area (Å²) in [6.07, 6.45) is 3.50. The van der Waals surface area contributed by atoms with Crippen LogP contribution in [0.1, 0.15) is 1.37 Å². The fourth-order valence-electron chi connectivity index (χ4n) is 2.14. The number of benzene rings is 2. The molecule has 0 amide bonds. The Morgan fingerprint density at radius 2 is 1.27 bits per heavy atom. The normalized spacial score (nSPS) is 8.30. The summed E-state index contributed by atoms with van der Waals surface area (Å²) in [5, 5.41) is 18.2. The van der Waals surface area contributed by atoms with Crippen molar-refractivity contribution in [3.8, 4) is 0 Å². The summed E-state index contributed by atoms with van der Waals surface area (Å²) >= 11 is 3.13. The molecule has 12 heteroatoms. The standard InChI is InChI=1S/2C9H6O2.C4H8O.C3H5Br.CH3F.CH2O3.CH4O.Cs/c2*10-9-6-5-7-3-1-2-4-8(7)11-9;1-3-4-5-2;1-2-3-4;1-2;2-1-4-3;1-2;/h2*1-6H;3H,1,4H2,2H3;2H,1,3H2;1H3;1,3H;2H,1H3;/q;;;;;;;+1/p-1/i;;;;1D;;;. The fourth-order valence-corrected chi connectivity index (χ4v) is 2.14. The maximum Gasteiger partial charge on any atom is 1.00 e. The van der Waals surface area contributed by atoms with E-state index in [1.165, 1.54) is 12.1 Å². The molecule has 0 fully saturated rings. The van der Waals surface area contributed by atoms with E-state index in [0.29, 0.717) is 17.8 Å². The van der Waals surface area contributed by atoms with Crippen molar-refractivity contribution in [3.63, 3.8) is 0 Å². The summed E-state index contributed by atoms with van der Waals surface area (Å²) in [4.78, 5) is 32.7. The van der Waals surface area contributed by atoms with Gasteiger partial charge in [0.1, 0.15) is 11.2 Å². The predicted octanol–water partition coefficient (Wildman–Crippen LogP) is 1.60. The van der Waals surface area contributed by atoms with Gasteiger partial charge in [-0.05, 0) is 24.3 Å². The van der Waals surface area contributed by atoms with Crippen molar-refractivity contribution in [1.82, 2.24) is 0 Å². The Morgan fingerprint density at radius 3 is 1.52 bits per heavy atom. The number of carbonyl (C=O) groups excluding carboxylic acids is 1. The number of aliphatic hydroxyl groups excluding tert-OH is 1. The molecule has 0 saturated heterocycles. The van der Waals surface area contributed by atoms with E-state index in [2.05, 4.69) is 38.7 Å². The summed E-state index contributed by atoms with van der Waals surface area (Å²) in [7, 11) is 1.64. The molecule has 2 heterocycles. The average Bonchev–Trinajstić information content (AvgIpc) is 3.00. The molecule has 4 rings (SSSR count). The van der Waals surface area contributed by atoms with Crippen LogP contribution in [0.15, 0.2) is 117 Å². The smallest absolute Gasteiger partial charge is 0.662 e. The Kier molecular flexibility index (Phi) is 37.5. The first-order valence-corrected chi connectivity index (χ1v) is 11.8. The Bertz CT molecular complexity index is 1190. The monoisotopic (exact) mass is 745 g/mol. The first-order valence-electron chi connectivity index (χ1n) is 11.4. The summed E-state index contributed by atoms with van der Waals surface area (Å²) in [5.41, 5.74) is 0.674. The van der Waals surface area contributed by atoms with Gasteiger partial charge in [-0.25, -0.2) is 9.59 Å². The molecule has 2 aromatic carbocycles. The van der Waals surface area contributed by atoms with Gasteiger partial charge in [0.2, 0.25) is 0 Å². The minimum Gasteiger partial charge on any atom is -0.662 e. The molecular weight excluding hydrogens is 712 g/mol. The average molecular weight is 746 g/mol. The van der Waals surface area contributed by atoms with Crippen LogP contribution in [0.2, 0.25) is 0 Å². The quantitative estimate of drug-likeness (QED) is 0.0825. The third kappa shape index (κ3) is 25.1. The Labute approximate surface area is 301 Å². The van der Waals surface area contributed by atoms with Gasteiger partial charge in [0.05, 0.1) is 15.1 Å². The van der Waals surface area contributed by atoms with Crippen LogP contribution in [0.25, 0.3) is 21.9 Å². The molecule has 0 radical (unpaired) electrons. The molecule has 0 aliphatic carbocycles. The minimum atomic E-state index is -1.00. The zero-order valence-corrected chi connectivity index (χ0v) is 30.5. The second-order valence-electron chi connectivity index (χ2n) is 5.96. The van der Waals surface area contributed by atoms with Gasteiger partial charge in [-0.3, -0.25) is 9.18 Å². The van der Waals surface area contributed by atoms with Gasteiger partial charge in [-0.1, -0.05) is 64.5 Å². The molecule has 0 spiro atoms. The summed E-state index contributed by atoms with van der Waals surface area (Å²) in [5.74, 6) is 0. The zero-order valence-electron chi connectivity index (χ0n) is 23.7. The number of hydrogen-bond acceptors (Lipinski definition) is 9. The zero-order chi connectivity index (χ0) is 31.0. The van der Waals surface area contributed by atoms with Gasteiger partial charge in [0.15, 0.2) is 0 Å². The molecule has 1 N–H and O–H groups in total. The topological polar surface area (TPSA) is 139 Å². The van der Waals surface area contributed by atoms with Crippen LogP contribution < -0.4 is 85.4 Å². The third-order valence-electron chi connectivity index (χ3n) is 3.49. The molecule has 0 bridgehead atoms. The fraction of sp³-hybridized carbons (Fsp3) is 0.179. The van der Waals surface area contributed by atoms with Crippen molar-refractivity contribution in [2.75, 3.05) is 33.3 Å². The van der Waals surface area contributed by atoms with Crippen molar-refractivity contribution in [1.29, 1.82) is 0 Å². The number of hydrogen-bond donors (Lipinski definition) is 1. The van der Waals surface area contributed by atoms with E-state index in [9.17, 15) is 14.0 Å². The second-order valence-corrected chi connectivity index (χ2v) is 6.61. The number of rotatable bonds is 4. The number of alkyl halides is 2. The first-order chi connectivity index (χ1) is 19.4. The van der Waals surface area contributed by atoms with Crippen LogP contribution in [-0.2, 0) is 14.4 Å². The van der Waals surface area contributed by atoms with Crippen LogP contribution in [-0.4, -0.2) is 44.9 Å². The van der Waals surface area contributed by atoms with Gasteiger partial charge in [0, 0.05) is 42.5 Å². The maximum absolute atomic E-state index is 10.7. The van der Waals surface area contributed by atoms with Gasteiger partial charge in [-0.15, -0.1) is 13.2 Å². The minimum absolute atomic E-state index is 0. The van der Waals surface area contributed by atoms with Crippen LogP contribution in [0, 0.1) is 0 Å². The number of halogens is 2. The Hall–Kier alpha value is -1.85. The molecule has 9 nitrogen and oxygen atoms in total. The largest absolute Gasteiger partial charge is 1.00 e.